The van der Waals surface area contributed by atoms with E-state index in [0.29, 0.717) is 68.4 Å². The van der Waals surface area contributed by atoms with Crippen molar-refractivity contribution in [2.45, 2.75) is 207 Å². The molecule has 11 aromatic rings. The van der Waals surface area contributed by atoms with E-state index in [0.717, 1.165) is 165 Å². The van der Waals surface area contributed by atoms with Crippen molar-refractivity contribution in [1.29, 1.82) is 0 Å². The number of nitrogens with zero attached hydrogens (tertiary/aromatic N) is 4. The lowest BCUT2D eigenvalue weighted by molar-refractivity contribution is -0.118. The van der Waals surface area contributed by atoms with Crippen molar-refractivity contribution in [3.8, 4) is 63.2 Å². The third-order valence-corrected chi connectivity index (χ3v) is 25.3. The van der Waals surface area contributed by atoms with Gasteiger partial charge in [-0.05, 0) is 323 Å². The molecule has 6 aromatic carbocycles. The van der Waals surface area contributed by atoms with Crippen LogP contribution in [0.2, 0.25) is 0 Å². The number of allylic oxidation sites excluding steroid dienone is 10. The topological polar surface area (TPSA) is 269 Å². The molecule has 4 amide bonds. The Kier molecular flexibility index (Phi) is 53.5. The molecule has 0 radical (unpaired) electrons. The average molecular weight is 2010 g/mol. The quantitative estimate of drug-likeness (QED) is 0.0119. The van der Waals surface area contributed by atoms with Crippen molar-refractivity contribution in [2.75, 3.05) is 78.2 Å². The standard InChI is InChI=1S/C33H40N2O7.C33H40N2O2.C29H40N2O2.C28H32N2O4S/c1-22(11-8-12-23-13-10-20-34-21-23)35-29(36)15-9-14-24(25-16-18-27(37-2)32(41-6)30(25)39-4)26-17-19-28(38-3)33(42-7)31(26)40-5;1-4-5-7-17-31(29-18-20-30(37-3)21-19-29)32(28-15-8-6-9-16-28)22-23-33(36)35-26(2)12-10-13-27-14-11-24-34-25-27;1-5-6-7-8-17-28(26-15-10-16-27(21-26)33-4)23(2)18-19-29(32)31-24(3)12-9-13-25-14-11-20-30-22-25;1-20(8-5-9-21-10-7-16-29-18-21)30-26(31)12-6-11-23(22-15-17-35-19-22)24-13-14-25(32-2)28(34-4)27(24)33-3/h9-10,13-22H,8,11-12H2,1-7H3,(H,35,36);6,8-9,11,14-16,18-26H,4-5,7,10,12-13,17H2,1-3H3,(H,35,36);10-11,14-16,18-22,24H,5-9,12-13,17H2,1-4H3,(H,31,32);6-7,10-20H,5,8-9H2,1-4H3,(H,30,31)/b15-9+;23-22+,32-31+;19-18+,28-23+;12-6+,23-11-/t22-;26-;24-;20-/m1111/s1. The first-order valence-electron chi connectivity index (χ1n) is 50.7. The first-order valence-corrected chi connectivity index (χ1v) is 51.6. The minimum Gasteiger partial charge on any atom is -0.497 e. The summed E-state index contributed by atoms with van der Waals surface area (Å²) in [6.45, 7) is 14.7. The SMILES string of the molecule is CCCCC/C(=C(/C=C/C(=O)N[C@H](C)CCCc1cccnc1)c1ccccc1)c1ccc(OC)cc1.CCCCCC/C(=C(C)\C=C\C(=O)N[C@H](C)CCCc1cccnc1)c1cccc(OC)c1.COc1ccc(/C(=C\C=C\C(=O)N[C@H](C)CCCc2cccnc2)c2ccsc2)c(OC)c1OC.COc1ccc(C(=C/C=C/C(=O)N[C@H](C)CCCc2cccnc2)c2ccc(OC)c(OC)c2OC)c(OC)c1OC. The van der Waals surface area contributed by atoms with Crippen LogP contribution in [0.15, 0.2) is 297 Å². The molecule has 24 heteroatoms. The summed E-state index contributed by atoms with van der Waals surface area (Å²) in [7, 11) is 17.5. The maximum Gasteiger partial charge on any atom is 0.244 e. The molecule has 0 saturated heterocycles. The van der Waals surface area contributed by atoms with E-state index >= 15 is 0 Å². The van der Waals surface area contributed by atoms with Crippen LogP contribution in [0.5, 0.6) is 63.2 Å². The van der Waals surface area contributed by atoms with Crippen LogP contribution in [-0.2, 0) is 44.9 Å². The molecule has 780 valence electrons. The van der Waals surface area contributed by atoms with E-state index in [1.54, 1.807) is 157 Å². The molecule has 147 heavy (non-hydrogen) atoms. The number of benzene rings is 6. The fourth-order valence-electron chi connectivity index (χ4n) is 16.9. The lowest BCUT2D eigenvalue weighted by Gasteiger charge is -2.20. The molecule has 0 aliphatic heterocycles. The number of carbonyl (C=O) groups is 4. The van der Waals surface area contributed by atoms with Crippen molar-refractivity contribution in [1.82, 2.24) is 41.2 Å². The predicted molar refractivity (Wildman–Crippen MR) is 597 cm³/mol. The first kappa shape index (κ1) is 117. The Morgan fingerprint density at radius 1 is 0.327 bits per heavy atom. The second kappa shape index (κ2) is 67.0. The number of carbonyl (C=O) groups excluding carboxylic acids is 4. The fourth-order valence-corrected chi connectivity index (χ4v) is 17.6. The zero-order valence-electron chi connectivity index (χ0n) is 89.2. The van der Waals surface area contributed by atoms with Gasteiger partial charge >= 0.3 is 0 Å². The summed E-state index contributed by atoms with van der Waals surface area (Å²) in [5.41, 5.74) is 17.9. The number of unbranched alkanes of at least 4 members (excludes halogenated alkanes) is 5. The van der Waals surface area contributed by atoms with Crippen molar-refractivity contribution in [3.05, 3.63) is 358 Å². The molecule has 0 saturated carbocycles. The van der Waals surface area contributed by atoms with E-state index in [1.807, 2.05) is 165 Å². The normalized spacial score (nSPS) is 12.3. The Bertz CT molecular complexity index is 5970. The Balaban J connectivity index is 0.000000240. The second-order valence-electron chi connectivity index (χ2n) is 35.5. The van der Waals surface area contributed by atoms with Crippen molar-refractivity contribution >= 4 is 62.8 Å². The largest absolute Gasteiger partial charge is 0.497 e. The average Bonchev–Trinajstić information content (AvgIpc) is 0.918. The van der Waals surface area contributed by atoms with Crippen LogP contribution in [0.4, 0.5) is 0 Å². The molecule has 5 aromatic heterocycles. The van der Waals surface area contributed by atoms with Gasteiger partial charge in [0.25, 0.3) is 0 Å². The summed E-state index contributed by atoms with van der Waals surface area (Å²) < 4.78 is 61.2. The molecule has 0 bridgehead atoms. The van der Waals surface area contributed by atoms with Crippen LogP contribution in [0, 0.1) is 0 Å². The summed E-state index contributed by atoms with van der Waals surface area (Å²) in [5, 5.41) is 16.4. The Morgan fingerprint density at radius 2 is 0.707 bits per heavy atom. The Labute approximate surface area is 876 Å². The van der Waals surface area contributed by atoms with Crippen molar-refractivity contribution < 1.29 is 71.3 Å². The number of aromatic nitrogens is 4. The number of rotatable bonds is 55. The van der Waals surface area contributed by atoms with Gasteiger partial charge in [-0.3, -0.25) is 39.1 Å². The van der Waals surface area contributed by atoms with E-state index in [2.05, 4.69) is 142 Å². The summed E-state index contributed by atoms with van der Waals surface area (Å²) in [6, 6.07) is 56.3. The van der Waals surface area contributed by atoms with Gasteiger partial charge in [0.05, 0.1) is 78.2 Å². The van der Waals surface area contributed by atoms with Gasteiger partial charge in [-0.15, -0.1) is 0 Å². The zero-order chi connectivity index (χ0) is 106. The minimum absolute atomic E-state index is 0.0131. The van der Waals surface area contributed by atoms with Crippen LogP contribution in [0.1, 0.15) is 219 Å². The molecule has 11 rings (SSSR count). The predicted octanol–water partition coefficient (Wildman–Crippen LogP) is 25.9. The van der Waals surface area contributed by atoms with Crippen LogP contribution in [0.25, 0.3) is 27.9 Å². The molecule has 4 atom stereocenters. The monoisotopic (exact) mass is 2010 g/mol. The molecule has 0 aliphatic carbocycles. The Morgan fingerprint density at radius 3 is 1.09 bits per heavy atom. The van der Waals surface area contributed by atoms with E-state index in [4.69, 9.17) is 52.1 Å². The van der Waals surface area contributed by atoms with Gasteiger partial charge in [0.1, 0.15) is 11.5 Å². The smallest absolute Gasteiger partial charge is 0.244 e. The highest BCUT2D eigenvalue weighted by Gasteiger charge is 2.26. The van der Waals surface area contributed by atoms with Gasteiger partial charge in [-0.2, -0.15) is 11.3 Å². The van der Waals surface area contributed by atoms with E-state index in [-0.39, 0.29) is 47.8 Å². The summed E-state index contributed by atoms with van der Waals surface area (Å²) in [4.78, 5) is 67.3. The molecular weight excluding hydrogens is 1860 g/mol. The summed E-state index contributed by atoms with van der Waals surface area (Å²) in [5.74, 6) is 5.77. The molecule has 0 aliphatic rings. The van der Waals surface area contributed by atoms with Crippen LogP contribution < -0.4 is 73.4 Å². The molecule has 4 N–H and O–H groups in total. The molecular formula is C123H152N8O15S. The number of amides is 4. The van der Waals surface area contributed by atoms with Crippen LogP contribution in [-0.4, -0.2) is 146 Å². The van der Waals surface area contributed by atoms with Crippen LogP contribution in [0.3, 0.4) is 0 Å². The molecule has 5 heterocycles. The van der Waals surface area contributed by atoms with Crippen molar-refractivity contribution in [3.63, 3.8) is 0 Å². The maximum absolute atomic E-state index is 12.9. The number of nitrogens with one attached hydrogen (secondary N) is 4. The number of ether oxygens (including phenoxy) is 11. The number of hydrogen-bond donors (Lipinski definition) is 4. The highest BCUT2D eigenvalue weighted by Crippen LogP contribution is 2.50. The number of methoxy groups -OCH3 is 11. The van der Waals surface area contributed by atoms with Gasteiger partial charge in [-0.25, -0.2) is 0 Å². The molecule has 23 nitrogen and oxygen atoms in total. The van der Waals surface area contributed by atoms with Gasteiger partial charge < -0.3 is 73.4 Å². The third-order valence-electron chi connectivity index (χ3n) is 24.6. The number of aryl methyl sites for hydroxylation is 4. The van der Waals surface area contributed by atoms with Gasteiger partial charge in [0.2, 0.25) is 40.9 Å². The summed E-state index contributed by atoms with van der Waals surface area (Å²) >= 11 is 1.60. The van der Waals surface area contributed by atoms with E-state index < -0.39 is 0 Å². The lowest BCUT2D eigenvalue weighted by atomic mass is 9.90. The van der Waals surface area contributed by atoms with Crippen LogP contribution >= 0.6 is 11.3 Å². The summed E-state index contributed by atoms with van der Waals surface area (Å²) in [6.07, 6.45) is 53.8. The third kappa shape index (κ3) is 39.9. The first-order chi connectivity index (χ1) is 71.6. The number of hydrogen-bond acceptors (Lipinski definition) is 20. The Hall–Kier alpha value is -14.8. The number of thiophene rings is 1. The fraction of sp³-hybridized carbons (Fsp3) is 0.350. The lowest BCUT2D eigenvalue weighted by Crippen LogP contribution is -2.31. The number of pyridine rings is 4. The molecule has 0 fully saturated rings. The maximum atomic E-state index is 12.9. The second-order valence-corrected chi connectivity index (χ2v) is 36.3. The van der Waals surface area contributed by atoms with E-state index in [1.165, 1.54) is 65.2 Å². The minimum atomic E-state index is -0.196. The highest BCUT2D eigenvalue weighted by atomic mass is 32.1. The van der Waals surface area contributed by atoms with Crippen molar-refractivity contribution in [2.24, 2.45) is 0 Å². The highest BCUT2D eigenvalue weighted by molar-refractivity contribution is 7.08. The zero-order valence-corrected chi connectivity index (χ0v) is 90.0. The van der Waals surface area contributed by atoms with E-state index in [9.17, 15) is 19.2 Å². The van der Waals surface area contributed by atoms with Gasteiger partial charge in [0.15, 0.2) is 34.5 Å². The molecule has 0 spiro atoms. The van der Waals surface area contributed by atoms with Gasteiger partial charge in [0, 0.05) is 115 Å². The molecule has 0 unspecified atom stereocenters. The van der Waals surface area contributed by atoms with Gasteiger partial charge in [-0.1, -0.05) is 155 Å².